The lowest BCUT2D eigenvalue weighted by Crippen LogP contribution is -2.01. The first-order valence-electron chi connectivity index (χ1n) is 5.17. The van der Waals surface area contributed by atoms with Crippen LogP contribution in [0.25, 0.3) is 11.5 Å². The van der Waals surface area contributed by atoms with Crippen molar-refractivity contribution in [3.05, 3.63) is 34.9 Å². The molecule has 3 nitrogen and oxygen atoms in total. The number of hydrogen-bond donors (Lipinski definition) is 0. The Morgan fingerprint density at radius 3 is 2.62 bits per heavy atom. The zero-order chi connectivity index (χ0) is 11.7. The van der Waals surface area contributed by atoms with Crippen molar-refractivity contribution in [2.75, 3.05) is 0 Å². The topological polar surface area (TPSA) is 38.9 Å². The molecule has 0 saturated heterocycles. The zero-order valence-electron chi connectivity index (χ0n) is 9.49. The zero-order valence-corrected chi connectivity index (χ0v) is 10.2. The molecule has 0 atom stereocenters. The Balaban J connectivity index is 2.60. The van der Waals surface area contributed by atoms with Gasteiger partial charge in [0.05, 0.1) is 6.26 Å². The summed E-state index contributed by atoms with van der Waals surface area (Å²) in [5.41, 5.74) is 1.62. The average molecular weight is 237 g/mol. The molecule has 2 heterocycles. The normalized spacial score (nSPS) is 11.1. The van der Waals surface area contributed by atoms with Gasteiger partial charge in [0.15, 0.2) is 5.76 Å². The van der Waals surface area contributed by atoms with Gasteiger partial charge in [-0.05, 0) is 19.1 Å². The molecule has 0 spiro atoms. The molecule has 0 unspecified atom stereocenters. The van der Waals surface area contributed by atoms with Crippen molar-refractivity contribution in [3.8, 4) is 11.5 Å². The lowest BCUT2D eigenvalue weighted by Gasteiger charge is -2.09. The smallest absolute Gasteiger partial charge is 0.152 e. The van der Waals surface area contributed by atoms with Crippen LogP contribution in [-0.4, -0.2) is 9.97 Å². The van der Waals surface area contributed by atoms with Gasteiger partial charge in [-0.1, -0.05) is 25.4 Å². The first-order chi connectivity index (χ1) is 7.59. The number of furan rings is 1. The minimum Gasteiger partial charge on any atom is -0.463 e. The van der Waals surface area contributed by atoms with Gasteiger partial charge in [0.25, 0.3) is 0 Å². The molecule has 0 amide bonds. The van der Waals surface area contributed by atoms with Crippen LogP contribution in [0.4, 0.5) is 0 Å². The highest BCUT2D eigenvalue weighted by Crippen LogP contribution is 2.27. The quantitative estimate of drug-likeness (QED) is 0.744. The fourth-order valence-electron chi connectivity index (χ4n) is 1.42. The van der Waals surface area contributed by atoms with E-state index in [0.29, 0.717) is 5.15 Å². The molecule has 0 bridgehead atoms. The van der Waals surface area contributed by atoms with E-state index in [4.69, 9.17) is 16.0 Å². The van der Waals surface area contributed by atoms with E-state index in [9.17, 15) is 0 Å². The van der Waals surface area contributed by atoms with E-state index in [0.717, 1.165) is 22.8 Å². The fourth-order valence-corrected chi connectivity index (χ4v) is 1.59. The van der Waals surface area contributed by atoms with E-state index in [1.807, 2.05) is 32.9 Å². The number of nitrogens with zero attached hydrogens (tertiary/aromatic N) is 2. The Bertz CT molecular complexity index is 492. The first-order valence-corrected chi connectivity index (χ1v) is 5.55. The van der Waals surface area contributed by atoms with E-state index in [-0.39, 0.29) is 5.92 Å². The van der Waals surface area contributed by atoms with Crippen LogP contribution >= 0.6 is 11.6 Å². The maximum absolute atomic E-state index is 6.09. The van der Waals surface area contributed by atoms with Crippen molar-refractivity contribution in [1.82, 2.24) is 9.97 Å². The van der Waals surface area contributed by atoms with Gasteiger partial charge in [0.2, 0.25) is 0 Å². The second-order valence-electron chi connectivity index (χ2n) is 3.98. The Hall–Kier alpha value is -1.35. The number of hydrogen-bond acceptors (Lipinski definition) is 3. The largest absolute Gasteiger partial charge is 0.463 e. The van der Waals surface area contributed by atoms with E-state index in [1.54, 1.807) is 6.26 Å². The lowest BCUT2D eigenvalue weighted by molar-refractivity contribution is 0.578. The highest BCUT2D eigenvalue weighted by atomic mass is 35.5. The number of rotatable bonds is 2. The Morgan fingerprint density at radius 2 is 2.06 bits per heavy atom. The third kappa shape index (κ3) is 1.95. The Kier molecular flexibility index (Phi) is 2.97. The Labute approximate surface area is 99.5 Å². The van der Waals surface area contributed by atoms with Crippen molar-refractivity contribution >= 4 is 11.6 Å². The molecule has 0 aliphatic rings. The molecular formula is C12H13ClN2O. The summed E-state index contributed by atoms with van der Waals surface area (Å²) in [4.78, 5) is 8.74. The van der Waals surface area contributed by atoms with Crippen molar-refractivity contribution < 1.29 is 4.42 Å². The van der Waals surface area contributed by atoms with Gasteiger partial charge in [-0.15, -0.1) is 0 Å². The highest BCUT2D eigenvalue weighted by Gasteiger charge is 2.14. The van der Waals surface area contributed by atoms with Gasteiger partial charge in [0.1, 0.15) is 16.7 Å². The van der Waals surface area contributed by atoms with Crippen molar-refractivity contribution in [3.63, 3.8) is 0 Å². The van der Waals surface area contributed by atoms with Crippen molar-refractivity contribution in [1.29, 1.82) is 0 Å². The molecule has 2 aromatic heterocycles. The summed E-state index contributed by atoms with van der Waals surface area (Å²) in [6.45, 7) is 5.96. The van der Waals surface area contributed by atoms with Gasteiger partial charge >= 0.3 is 0 Å². The summed E-state index contributed by atoms with van der Waals surface area (Å²) >= 11 is 6.09. The predicted octanol–water partition coefficient (Wildman–Crippen LogP) is 3.82. The standard InChI is InChI=1S/C12H13ClN2O/c1-7(2)12-14-10(8(3)11(13)15-12)9-5-4-6-16-9/h4-7H,1-3H3. The fraction of sp³-hybridized carbons (Fsp3) is 0.333. The van der Waals surface area contributed by atoms with Crippen LogP contribution in [-0.2, 0) is 0 Å². The van der Waals surface area contributed by atoms with Gasteiger partial charge in [0, 0.05) is 11.5 Å². The maximum Gasteiger partial charge on any atom is 0.152 e. The van der Waals surface area contributed by atoms with Crippen LogP contribution in [0.2, 0.25) is 5.15 Å². The Morgan fingerprint density at radius 1 is 1.31 bits per heavy atom. The molecule has 4 heteroatoms. The molecule has 0 radical (unpaired) electrons. The summed E-state index contributed by atoms with van der Waals surface area (Å²) in [5.74, 6) is 1.71. The number of aromatic nitrogens is 2. The third-order valence-electron chi connectivity index (χ3n) is 2.37. The summed E-state index contributed by atoms with van der Waals surface area (Å²) in [6.07, 6.45) is 1.62. The van der Waals surface area contributed by atoms with Gasteiger partial charge in [-0.2, -0.15) is 0 Å². The summed E-state index contributed by atoms with van der Waals surface area (Å²) < 4.78 is 5.34. The van der Waals surface area contributed by atoms with E-state index in [1.165, 1.54) is 0 Å². The van der Waals surface area contributed by atoms with Crippen LogP contribution in [0, 0.1) is 6.92 Å². The van der Waals surface area contributed by atoms with Gasteiger partial charge < -0.3 is 4.42 Å². The molecule has 2 aromatic rings. The molecule has 0 N–H and O–H groups in total. The van der Waals surface area contributed by atoms with Crippen LogP contribution in [0.3, 0.4) is 0 Å². The van der Waals surface area contributed by atoms with Crippen LogP contribution in [0.1, 0.15) is 31.2 Å². The highest BCUT2D eigenvalue weighted by molar-refractivity contribution is 6.30. The van der Waals surface area contributed by atoms with E-state index in [2.05, 4.69) is 9.97 Å². The molecule has 0 aromatic carbocycles. The molecular weight excluding hydrogens is 224 g/mol. The summed E-state index contributed by atoms with van der Waals surface area (Å²) in [7, 11) is 0. The second kappa shape index (κ2) is 4.26. The van der Waals surface area contributed by atoms with Crippen LogP contribution < -0.4 is 0 Å². The van der Waals surface area contributed by atoms with Crippen LogP contribution in [0.5, 0.6) is 0 Å². The molecule has 16 heavy (non-hydrogen) atoms. The van der Waals surface area contributed by atoms with Crippen molar-refractivity contribution in [2.24, 2.45) is 0 Å². The maximum atomic E-state index is 6.09. The SMILES string of the molecule is Cc1c(Cl)nc(C(C)C)nc1-c1ccco1. The lowest BCUT2D eigenvalue weighted by atomic mass is 10.1. The molecule has 0 aliphatic heterocycles. The molecule has 0 aliphatic carbocycles. The number of halogens is 1. The minimum atomic E-state index is 0.242. The monoisotopic (exact) mass is 236 g/mol. The van der Waals surface area contributed by atoms with Gasteiger partial charge in [-0.25, -0.2) is 9.97 Å². The van der Waals surface area contributed by atoms with Crippen molar-refractivity contribution in [2.45, 2.75) is 26.7 Å². The van der Waals surface area contributed by atoms with E-state index >= 15 is 0 Å². The van der Waals surface area contributed by atoms with E-state index < -0.39 is 0 Å². The molecule has 84 valence electrons. The average Bonchev–Trinajstić information content (AvgIpc) is 2.74. The summed E-state index contributed by atoms with van der Waals surface area (Å²) in [6, 6.07) is 3.70. The third-order valence-corrected chi connectivity index (χ3v) is 2.74. The first kappa shape index (κ1) is 11.1. The predicted molar refractivity (Wildman–Crippen MR) is 63.6 cm³/mol. The molecule has 0 saturated carbocycles. The minimum absolute atomic E-state index is 0.242. The molecule has 2 rings (SSSR count). The van der Waals surface area contributed by atoms with Gasteiger partial charge in [-0.3, -0.25) is 0 Å². The second-order valence-corrected chi connectivity index (χ2v) is 4.34. The summed E-state index contributed by atoms with van der Waals surface area (Å²) in [5, 5.41) is 0.491. The van der Waals surface area contributed by atoms with Crippen LogP contribution in [0.15, 0.2) is 22.8 Å². The molecule has 0 fully saturated rings.